The SMILES string of the molecule is Nc1nn2c(c1C(=O)Nc1cnccc1OC1CCOCC1)NCC(Cl)C2. The maximum absolute atomic E-state index is 12.9. The molecule has 2 aromatic rings. The van der Waals surface area contributed by atoms with Crippen molar-refractivity contribution in [3.63, 3.8) is 0 Å². The molecule has 0 saturated carbocycles. The second kappa shape index (κ2) is 7.61. The molecule has 1 saturated heterocycles. The van der Waals surface area contributed by atoms with Crippen molar-refractivity contribution in [2.45, 2.75) is 30.9 Å². The molecule has 0 bridgehead atoms. The smallest absolute Gasteiger partial charge is 0.263 e. The number of nitrogens with zero attached hydrogens (tertiary/aromatic N) is 3. The molecule has 4 N–H and O–H groups in total. The number of nitrogens with one attached hydrogen (secondary N) is 2. The van der Waals surface area contributed by atoms with E-state index in [0.29, 0.717) is 49.1 Å². The van der Waals surface area contributed by atoms with E-state index in [4.69, 9.17) is 26.8 Å². The molecular weight excluding hydrogens is 372 g/mol. The van der Waals surface area contributed by atoms with Gasteiger partial charge in [0.1, 0.15) is 28.9 Å². The molecule has 4 rings (SSSR count). The second-order valence-corrected chi connectivity index (χ2v) is 7.14. The van der Waals surface area contributed by atoms with Crippen LogP contribution in [0.2, 0.25) is 0 Å². The number of anilines is 3. The number of pyridine rings is 1. The zero-order chi connectivity index (χ0) is 18.8. The average molecular weight is 393 g/mol. The van der Waals surface area contributed by atoms with E-state index in [2.05, 4.69) is 20.7 Å². The number of carbonyl (C=O) groups excluding carboxylic acids is 1. The van der Waals surface area contributed by atoms with E-state index in [9.17, 15) is 4.79 Å². The van der Waals surface area contributed by atoms with Gasteiger partial charge in [-0.15, -0.1) is 11.6 Å². The summed E-state index contributed by atoms with van der Waals surface area (Å²) in [7, 11) is 0. The highest BCUT2D eigenvalue weighted by Crippen LogP contribution is 2.30. The number of fused-ring (bicyclic) bond motifs is 1. The number of hydrogen-bond acceptors (Lipinski definition) is 7. The first-order valence-corrected chi connectivity index (χ1v) is 9.29. The van der Waals surface area contributed by atoms with Crippen LogP contribution in [0.25, 0.3) is 0 Å². The number of hydrogen-bond donors (Lipinski definition) is 3. The Labute approximate surface area is 161 Å². The average Bonchev–Trinajstić information content (AvgIpc) is 2.99. The molecule has 2 aliphatic heterocycles. The molecule has 144 valence electrons. The van der Waals surface area contributed by atoms with Gasteiger partial charge in [0.05, 0.1) is 31.3 Å². The molecule has 0 radical (unpaired) electrons. The third-order valence-corrected chi connectivity index (χ3v) is 4.85. The minimum absolute atomic E-state index is 0.0492. The third kappa shape index (κ3) is 3.79. The number of halogens is 1. The number of nitrogen functional groups attached to an aromatic ring is 1. The normalized spacial score (nSPS) is 19.8. The lowest BCUT2D eigenvalue weighted by Crippen LogP contribution is -2.29. The molecule has 1 fully saturated rings. The van der Waals surface area contributed by atoms with Crippen LogP contribution in [-0.4, -0.2) is 51.9 Å². The van der Waals surface area contributed by atoms with Gasteiger partial charge in [0.25, 0.3) is 5.91 Å². The summed E-state index contributed by atoms with van der Waals surface area (Å²) >= 11 is 6.13. The number of ether oxygens (including phenoxy) is 2. The summed E-state index contributed by atoms with van der Waals surface area (Å²) < 4.78 is 13.0. The van der Waals surface area contributed by atoms with E-state index >= 15 is 0 Å². The van der Waals surface area contributed by atoms with Crippen LogP contribution < -0.4 is 21.1 Å². The molecule has 1 unspecified atom stereocenters. The van der Waals surface area contributed by atoms with Crippen LogP contribution in [0.3, 0.4) is 0 Å². The van der Waals surface area contributed by atoms with Gasteiger partial charge in [0.2, 0.25) is 0 Å². The van der Waals surface area contributed by atoms with E-state index in [1.54, 1.807) is 23.1 Å². The van der Waals surface area contributed by atoms with Crippen molar-refractivity contribution in [2.75, 3.05) is 36.1 Å². The third-order valence-electron chi connectivity index (χ3n) is 4.56. The fraction of sp³-hybridized carbons (Fsp3) is 0.471. The highest BCUT2D eigenvalue weighted by Gasteiger charge is 2.28. The minimum Gasteiger partial charge on any atom is -0.488 e. The summed E-state index contributed by atoms with van der Waals surface area (Å²) in [4.78, 5) is 17.0. The molecule has 0 aliphatic carbocycles. The highest BCUT2D eigenvalue weighted by molar-refractivity contribution is 6.21. The van der Waals surface area contributed by atoms with Crippen LogP contribution >= 0.6 is 11.6 Å². The molecule has 10 heteroatoms. The van der Waals surface area contributed by atoms with E-state index in [1.807, 2.05) is 0 Å². The van der Waals surface area contributed by atoms with Crippen LogP contribution in [0.1, 0.15) is 23.2 Å². The van der Waals surface area contributed by atoms with Gasteiger partial charge in [-0.25, -0.2) is 4.68 Å². The largest absolute Gasteiger partial charge is 0.488 e. The van der Waals surface area contributed by atoms with Gasteiger partial charge in [-0.1, -0.05) is 0 Å². The van der Waals surface area contributed by atoms with Gasteiger partial charge in [-0.2, -0.15) is 5.10 Å². The Morgan fingerprint density at radius 1 is 1.44 bits per heavy atom. The number of amides is 1. The van der Waals surface area contributed by atoms with Crippen molar-refractivity contribution in [1.29, 1.82) is 0 Å². The van der Waals surface area contributed by atoms with Crippen LogP contribution in [0.15, 0.2) is 18.5 Å². The van der Waals surface area contributed by atoms with Crippen molar-refractivity contribution in [1.82, 2.24) is 14.8 Å². The predicted molar refractivity (Wildman–Crippen MR) is 101 cm³/mol. The Bertz CT molecular complexity index is 836. The molecular formula is C17H21ClN6O3. The van der Waals surface area contributed by atoms with Gasteiger partial charge in [-0.05, 0) is 0 Å². The van der Waals surface area contributed by atoms with Crippen molar-refractivity contribution >= 4 is 34.8 Å². The van der Waals surface area contributed by atoms with E-state index < -0.39 is 0 Å². The topological polar surface area (TPSA) is 116 Å². The fourth-order valence-corrected chi connectivity index (χ4v) is 3.42. The van der Waals surface area contributed by atoms with E-state index in [-0.39, 0.29) is 23.2 Å². The quantitative estimate of drug-likeness (QED) is 0.678. The zero-order valence-electron chi connectivity index (χ0n) is 14.7. The lowest BCUT2D eigenvalue weighted by molar-refractivity contribution is 0.0258. The second-order valence-electron chi connectivity index (χ2n) is 6.52. The predicted octanol–water partition coefficient (Wildman–Crippen LogP) is 1.70. The summed E-state index contributed by atoms with van der Waals surface area (Å²) in [5.41, 5.74) is 6.75. The first-order valence-electron chi connectivity index (χ1n) is 8.86. The standard InChI is InChI=1S/C17H21ClN6O3/c18-10-7-21-16-14(15(19)23-24(16)9-10)17(25)22-12-8-20-4-1-13(12)27-11-2-5-26-6-3-11/h1,4,8,10-11,21H,2-3,5-7,9H2,(H2,19,23)(H,22,25). The maximum atomic E-state index is 12.9. The molecule has 0 aromatic carbocycles. The zero-order valence-corrected chi connectivity index (χ0v) is 15.4. The summed E-state index contributed by atoms with van der Waals surface area (Å²) in [6, 6.07) is 1.73. The van der Waals surface area contributed by atoms with Gasteiger partial charge in [-0.3, -0.25) is 9.78 Å². The lowest BCUT2D eigenvalue weighted by atomic mass is 10.1. The molecule has 1 amide bonds. The molecule has 4 heterocycles. The monoisotopic (exact) mass is 392 g/mol. The Morgan fingerprint density at radius 2 is 2.26 bits per heavy atom. The van der Waals surface area contributed by atoms with Crippen molar-refractivity contribution in [3.05, 3.63) is 24.0 Å². The molecule has 9 nitrogen and oxygen atoms in total. The van der Waals surface area contributed by atoms with Gasteiger partial charge in [0, 0.05) is 31.6 Å². The molecule has 0 spiro atoms. The van der Waals surface area contributed by atoms with Crippen molar-refractivity contribution in [3.8, 4) is 5.75 Å². The lowest BCUT2D eigenvalue weighted by Gasteiger charge is -2.24. The summed E-state index contributed by atoms with van der Waals surface area (Å²) in [6.45, 7) is 2.37. The summed E-state index contributed by atoms with van der Waals surface area (Å²) in [5.74, 6) is 0.909. The summed E-state index contributed by atoms with van der Waals surface area (Å²) in [5, 5.41) is 10.1. The van der Waals surface area contributed by atoms with Crippen molar-refractivity contribution < 1.29 is 14.3 Å². The van der Waals surface area contributed by atoms with Gasteiger partial charge < -0.3 is 25.8 Å². The van der Waals surface area contributed by atoms with Crippen molar-refractivity contribution in [2.24, 2.45) is 0 Å². The molecule has 1 atom stereocenters. The number of rotatable bonds is 4. The van der Waals surface area contributed by atoms with E-state index in [1.165, 1.54) is 0 Å². The van der Waals surface area contributed by atoms with Gasteiger partial charge >= 0.3 is 0 Å². The summed E-state index contributed by atoms with van der Waals surface area (Å²) in [6.07, 6.45) is 4.85. The number of alkyl halides is 1. The Morgan fingerprint density at radius 3 is 3.07 bits per heavy atom. The van der Waals surface area contributed by atoms with E-state index in [0.717, 1.165) is 12.8 Å². The fourth-order valence-electron chi connectivity index (χ4n) is 3.21. The Balaban J connectivity index is 1.54. The number of nitrogens with two attached hydrogens (primary N) is 1. The maximum Gasteiger partial charge on any atom is 0.263 e. The first-order chi connectivity index (χ1) is 13.1. The molecule has 2 aromatic heterocycles. The highest BCUT2D eigenvalue weighted by atomic mass is 35.5. The first kappa shape index (κ1) is 17.9. The van der Waals surface area contributed by atoms with Crippen LogP contribution in [0.5, 0.6) is 5.75 Å². The Hall–Kier alpha value is -2.52. The van der Waals surface area contributed by atoms with Crippen LogP contribution in [0, 0.1) is 0 Å². The van der Waals surface area contributed by atoms with Crippen LogP contribution in [0.4, 0.5) is 17.3 Å². The van der Waals surface area contributed by atoms with Crippen LogP contribution in [-0.2, 0) is 11.3 Å². The Kier molecular flexibility index (Phi) is 5.04. The molecule has 27 heavy (non-hydrogen) atoms. The number of aromatic nitrogens is 3. The molecule has 2 aliphatic rings. The van der Waals surface area contributed by atoms with Gasteiger partial charge in [0.15, 0.2) is 5.82 Å². The minimum atomic E-state index is -0.376. The number of carbonyl (C=O) groups is 1.